The highest BCUT2D eigenvalue weighted by Gasteiger charge is 2.41. The van der Waals surface area contributed by atoms with Crippen LogP contribution in [0.1, 0.15) is 61.7 Å². The van der Waals surface area contributed by atoms with Crippen LogP contribution in [0.2, 0.25) is 0 Å². The molecule has 3 rings (SSSR count). The molecule has 214 valence electrons. The number of hydrogen-bond acceptors (Lipinski definition) is 7. The van der Waals surface area contributed by atoms with E-state index in [1.165, 1.54) is 44.9 Å². The Balaban J connectivity index is 1.16. The Morgan fingerprint density at radius 1 is 0.718 bits per heavy atom. The number of carbonyl (C=O) groups is 5. The molecule has 0 radical (unpaired) electrons. The Morgan fingerprint density at radius 2 is 1.33 bits per heavy atom. The van der Waals surface area contributed by atoms with Gasteiger partial charge in [0, 0.05) is 18.2 Å². The molecule has 3 atom stereocenters. The number of fused-ring (bicyclic) bond motifs is 1. The van der Waals surface area contributed by atoms with Crippen molar-refractivity contribution >= 4 is 40.5 Å². The number of amides is 4. The second kappa shape index (κ2) is 16.9. The largest absolute Gasteiger partial charge is 0.355 e. The van der Waals surface area contributed by atoms with Gasteiger partial charge in [-0.2, -0.15) is 0 Å². The molecule has 1 aromatic rings. The Labute approximate surface area is 234 Å². The number of thioether (sulfide) groups is 1. The van der Waals surface area contributed by atoms with Crippen LogP contribution >= 0.6 is 11.8 Å². The summed E-state index contributed by atoms with van der Waals surface area (Å²) in [6, 6.07) is 9.20. The van der Waals surface area contributed by atoms with E-state index in [1.54, 1.807) is 30.3 Å². The lowest BCUT2D eigenvalue weighted by Gasteiger charge is -2.18. The fraction of sp³-hybridized carbons (Fsp3) is 0.607. The number of nitrogens with one attached hydrogen (secondary N) is 5. The molecule has 2 aliphatic rings. The van der Waals surface area contributed by atoms with E-state index < -0.39 is 17.7 Å². The molecule has 0 spiro atoms. The third-order valence-corrected chi connectivity index (χ3v) is 8.00. The van der Waals surface area contributed by atoms with Crippen LogP contribution in [0.4, 0.5) is 0 Å². The van der Waals surface area contributed by atoms with Gasteiger partial charge in [-0.05, 0) is 37.6 Å². The number of hydrogen-bond donors (Lipinski definition) is 5. The van der Waals surface area contributed by atoms with Gasteiger partial charge in [-0.1, -0.05) is 74.2 Å². The minimum absolute atomic E-state index is 0.117. The van der Waals surface area contributed by atoms with Crippen molar-refractivity contribution in [1.82, 2.24) is 26.6 Å². The van der Waals surface area contributed by atoms with Crippen LogP contribution in [0.5, 0.6) is 0 Å². The van der Waals surface area contributed by atoms with E-state index in [1.807, 2.05) is 0 Å². The maximum Gasteiger partial charge on any atom is 0.239 e. The second-order valence-corrected chi connectivity index (χ2v) is 11.1. The molecule has 11 heteroatoms. The summed E-state index contributed by atoms with van der Waals surface area (Å²) in [4.78, 5) is 59.7. The topological polar surface area (TPSA) is 146 Å². The molecular formula is C28H41N5O5S. The first-order valence-corrected chi connectivity index (χ1v) is 14.9. The van der Waals surface area contributed by atoms with Crippen LogP contribution < -0.4 is 26.6 Å². The third kappa shape index (κ3) is 12.2. The van der Waals surface area contributed by atoms with Gasteiger partial charge in [-0.15, -0.1) is 0 Å². The molecule has 3 unspecified atom stereocenters. The summed E-state index contributed by atoms with van der Waals surface area (Å²) in [7, 11) is 0. The van der Waals surface area contributed by atoms with E-state index in [9.17, 15) is 24.0 Å². The number of benzene rings is 1. The van der Waals surface area contributed by atoms with Crippen molar-refractivity contribution in [2.75, 3.05) is 38.5 Å². The van der Waals surface area contributed by atoms with E-state index in [2.05, 4.69) is 26.6 Å². The lowest BCUT2D eigenvalue weighted by molar-refractivity contribution is -0.128. The first-order valence-electron chi connectivity index (χ1n) is 13.9. The van der Waals surface area contributed by atoms with Crippen molar-refractivity contribution in [3.63, 3.8) is 0 Å². The molecule has 10 nitrogen and oxygen atoms in total. The van der Waals surface area contributed by atoms with Gasteiger partial charge in [0.15, 0.2) is 0 Å². The highest BCUT2D eigenvalue weighted by molar-refractivity contribution is 8.14. The fourth-order valence-electron chi connectivity index (χ4n) is 4.86. The summed E-state index contributed by atoms with van der Waals surface area (Å²) >= 11 is 0.847. The molecule has 4 amide bonds. The van der Waals surface area contributed by atoms with Crippen LogP contribution in [-0.4, -0.2) is 73.3 Å². The summed E-state index contributed by atoms with van der Waals surface area (Å²) in [5, 5.41) is 13.5. The van der Waals surface area contributed by atoms with Crippen molar-refractivity contribution in [1.29, 1.82) is 0 Å². The maximum atomic E-state index is 12.0. The summed E-state index contributed by atoms with van der Waals surface area (Å²) < 4.78 is 0. The molecule has 0 aromatic heterocycles. The zero-order valence-corrected chi connectivity index (χ0v) is 23.3. The number of rotatable bonds is 14. The summed E-state index contributed by atoms with van der Waals surface area (Å²) in [5.74, 6) is -0.175. The SMILES string of the molecule is O=C(CNC(=O)CNC(=O)CNC(=O)CSC(=O)c1ccccc1)NCCCNC1CCCCCCC2CC21. The molecule has 0 bridgehead atoms. The minimum atomic E-state index is -0.549. The van der Waals surface area contributed by atoms with Gasteiger partial charge in [0.25, 0.3) is 0 Å². The molecular weight excluding hydrogens is 518 g/mol. The van der Waals surface area contributed by atoms with Gasteiger partial charge in [-0.3, -0.25) is 24.0 Å². The highest BCUT2D eigenvalue weighted by Crippen LogP contribution is 2.46. The van der Waals surface area contributed by atoms with Crippen molar-refractivity contribution in [3.8, 4) is 0 Å². The van der Waals surface area contributed by atoms with Crippen LogP contribution in [0, 0.1) is 11.8 Å². The van der Waals surface area contributed by atoms with Crippen molar-refractivity contribution in [2.45, 2.75) is 57.4 Å². The molecule has 5 N–H and O–H groups in total. The van der Waals surface area contributed by atoms with Crippen LogP contribution in [0.25, 0.3) is 0 Å². The van der Waals surface area contributed by atoms with E-state index in [-0.39, 0.29) is 36.4 Å². The van der Waals surface area contributed by atoms with E-state index in [0.717, 1.165) is 36.6 Å². The Hall–Kier alpha value is -2.92. The Kier molecular flexibility index (Phi) is 13.3. The van der Waals surface area contributed by atoms with Gasteiger partial charge in [0.05, 0.1) is 25.4 Å². The Bertz CT molecular complexity index is 976. The van der Waals surface area contributed by atoms with Crippen LogP contribution in [0.3, 0.4) is 0 Å². The number of carbonyl (C=O) groups excluding carboxylic acids is 5. The second-order valence-electron chi connectivity index (χ2n) is 10.2. The summed E-state index contributed by atoms with van der Waals surface area (Å²) in [6.07, 6.45) is 10.2. The van der Waals surface area contributed by atoms with Gasteiger partial charge in [-0.25, -0.2) is 0 Å². The monoisotopic (exact) mass is 559 g/mol. The fourth-order valence-corrected chi connectivity index (χ4v) is 5.52. The predicted molar refractivity (Wildman–Crippen MR) is 151 cm³/mol. The summed E-state index contributed by atoms with van der Waals surface area (Å²) in [5.41, 5.74) is 0.497. The van der Waals surface area contributed by atoms with E-state index in [4.69, 9.17) is 0 Å². The van der Waals surface area contributed by atoms with Gasteiger partial charge >= 0.3 is 0 Å². The van der Waals surface area contributed by atoms with Gasteiger partial charge in [0.2, 0.25) is 28.7 Å². The summed E-state index contributed by atoms with van der Waals surface area (Å²) in [6.45, 7) is 0.608. The molecule has 0 saturated heterocycles. The standard InChI is InChI=1S/C28H41N5O5S/c34-24(30-14-8-13-29-23-12-7-2-1-4-11-21-15-22(21)23)16-31-25(35)17-32-26(36)18-33-27(37)19-39-28(38)20-9-5-3-6-10-20/h3,5-6,9-10,21-23,29H,1-2,4,7-8,11-19H2,(H,30,34)(H,31,35)(H,32,36)(H,33,37). The molecule has 0 aliphatic heterocycles. The molecule has 0 heterocycles. The van der Waals surface area contributed by atoms with E-state index >= 15 is 0 Å². The predicted octanol–water partition coefficient (Wildman–Crippen LogP) is 1.36. The zero-order chi connectivity index (χ0) is 27.9. The quantitative estimate of drug-likeness (QED) is 0.216. The Morgan fingerprint density at radius 3 is 2.03 bits per heavy atom. The normalized spacial score (nSPS) is 20.3. The molecule has 2 aliphatic carbocycles. The average Bonchev–Trinajstić information content (AvgIpc) is 3.71. The zero-order valence-electron chi connectivity index (χ0n) is 22.5. The maximum absolute atomic E-state index is 12.0. The first-order chi connectivity index (χ1) is 18.9. The molecule has 2 saturated carbocycles. The van der Waals surface area contributed by atoms with Crippen molar-refractivity contribution in [2.24, 2.45) is 11.8 Å². The molecule has 2 fully saturated rings. The van der Waals surface area contributed by atoms with Crippen molar-refractivity contribution in [3.05, 3.63) is 35.9 Å². The van der Waals surface area contributed by atoms with Gasteiger partial charge < -0.3 is 26.6 Å². The minimum Gasteiger partial charge on any atom is -0.355 e. The third-order valence-electron chi connectivity index (χ3n) is 7.10. The van der Waals surface area contributed by atoms with E-state index in [0.29, 0.717) is 18.2 Å². The van der Waals surface area contributed by atoms with Gasteiger partial charge in [0.1, 0.15) is 0 Å². The van der Waals surface area contributed by atoms with Crippen LogP contribution in [0.15, 0.2) is 30.3 Å². The molecule has 1 aromatic carbocycles. The highest BCUT2D eigenvalue weighted by atomic mass is 32.2. The molecule has 39 heavy (non-hydrogen) atoms. The lowest BCUT2D eigenvalue weighted by Crippen LogP contribution is -2.44. The van der Waals surface area contributed by atoms with Crippen molar-refractivity contribution < 1.29 is 24.0 Å². The lowest BCUT2D eigenvalue weighted by atomic mass is 10.0. The first kappa shape index (κ1) is 30.6. The average molecular weight is 560 g/mol. The smallest absolute Gasteiger partial charge is 0.239 e. The van der Waals surface area contributed by atoms with Crippen LogP contribution in [-0.2, 0) is 19.2 Å².